The Morgan fingerprint density at radius 2 is 2.11 bits per heavy atom. The van der Waals surface area contributed by atoms with Gasteiger partial charge in [0.05, 0.1) is 30.6 Å². The first-order chi connectivity index (χ1) is 8.91. The second-order valence-electron chi connectivity index (χ2n) is 5.36. The van der Waals surface area contributed by atoms with Crippen molar-refractivity contribution < 1.29 is 14.6 Å². The Kier molecular flexibility index (Phi) is 3.84. The SMILES string of the molecule is CC1OC(C)C(c2nnnn2C(C)CC(=O)O)C1C. The molecule has 1 saturated heterocycles. The lowest BCUT2D eigenvalue weighted by Crippen LogP contribution is -2.23. The number of tetrazole rings is 1. The van der Waals surface area contributed by atoms with Crippen LogP contribution in [0.5, 0.6) is 0 Å². The third-order valence-electron chi connectivity index (χ3n) is 3.95. The number of ether oxygens (including phenoxy) is 1. The summed E-state index contributed by atoms with van der Waals surface area (Å²) in [6.45, 7) is 7.96. The molecule has 106 valence electrons. The van der Waals surface area contributed by atoms with Crippen LogP contribution in [0.1, 0.15) is 51.9 Å². The van der Waals surface area contributed by atoms with Crippen molar-refractivity contribution in [2.75, 3.05) is 0 Å². The molecular formula is C12H20N4O3. The summed E-state index contributed by atoms with van der Waals surface area (Å²) in [4.78, 5) is 10.8. The maximum atomic E-state index is 10.8. The minimum absolute atomic E-state index is 0.00390. The van der Waals surface area contributed by atoms with Crippen molar-refractivity contribution >= 4 is 5.97 Å². The van der Waals surface area contributed by atoms with E-state index < -0.39 is 5.97 Å². The predicted octanol–water partition coefficient (Wildman–Crippen LogP) is 1.24. The van der Waals surface area contributed by atoms with Crippen LogP contribution in [0.15, 0.2) is 0 Å². The molecule has 0 amide bonds. The lowest BCUT2D eigenvalue weighted by atomic mass is 9.88. The van der Waals surface area contributed by atoms with Crippen LogP contribution in [0.25, 0.3) is 0 Å². The molecule has 0 saturated carbocycles. The highest BCUT2D eigenvalue weighted by molar-refractivity contribution is 5.67. The summed E-state index contributed by atoms with van der Waals surface area (Å²) in [5.41, 5.74) is 0. The zero-order valence-corrected chi connectivity index (χ0v) is 11.6. The molecule has 7 nitrogen and oxygen atoms in total. The number of carboxylic acids is 1. The Hall–Kier alpha value is -1.50. The Balaban J connectivity index is 2.26. The van der Waals surface area contributed by atoms with Gasteiger partial charge in [-0.15, -0.1) is 5.10 Å². The van der Waals surface area contributed by atoms with Crippen LogP contribution in [0.3, 0.4) is 0 Å². The summed E-state index contributed by atoms with van der Waals surface area (Å²) in [6, 6.07) is -0.266. The van der Waals surface area contributed by atoms with E-state index in [1.807, 2.05) is 20.8 Å². The van der Waals surface area contributed by atoms with Crippen LogP contribution in [0.4, 0.5) is 0 Å². The molecule has 0 aromatic carbocycles. The third kappa shape index (κ3) is 2.60. The summed E-state index contributed by atoms with van der Waals surface area (Å²) in [7, 11) is 0. The number of carboxylic acid groups (broad SMARTS) is 1. The molecule has 1 aromatic rings. The number of rotatable bonds is 4. The summed E-state index contributed by atoms with van der Waals surface area (Å²) in [5, 5.41) is 20.6. The highest BCUT2D eigenvalue weighted by atomic mass is 16.5. The molecule has 2 heterocycles. The maximum Gasteiger partial charge on any atom is 0.305 e. The topological polar surface area (TPSA) is 90.1 Å². The standard InChI is InChI=1S/C12H20N4O3/c1-6(5-10(17)18)16-12(13-14-15-16)11-7(2)8(3)19-9(11)4/h6-9,11H,5H2,1-4H3,(H,17,18). The van der Waals surface area contributed by atoms with Gasteiger partial charge in [0.2, 0.25) is 0 Å². The number of aliphatic carboxylic acids is 1. The fraction of sp³-hybridized carbons (Fsp3) is 0.833. The van der Waals surface area contributed by atoms with E-state index in [4.69, 9.17) is 9.84 Å². The Labute approximate surface area is 111 Å². The first-order valence-electron chi connectivity index (χ1n) is 6.56. The highest BCUT2D eigenvalue weighted by Crippen LogP contribution is 2.39. The van der Waals surface area contributed by atoms with Gasteiger partial charge in [0.25, 0.3) is 0 Å². The van der Waals surface area contributed by atoms with Crippen molar-refractivity contribution in [2.45, 2.75) is 58.3 Å². The molecule has 1 aromatic heterocycles. The predicted molar refractivity (Wildman–Crippen MR) is 66.7 cm³/mol. The van der Waals surface area contributed by atoms with E-state index >= 15 is 0 Å². The molecule has 1 aliphatic heterocycles. The Morgan fingerprint density at radius 1 is 1.42 bits per heavy atom. The summed E-state index contributed by atoms with van der Waals surface area (Å²) < 4.78 is 7.42. The average Bonchev–Trinajstić information content (AvgIpc) is 2.84. The molecule has 5 atom stereocenters. The van der Waals surface area contributed by atoms with Crippen molar-refractivity contribution in [3.63, 3.8) is 0 Å². The minimum Gasteiger partial charge on any atom is -0.481 e. The van der Waals surface area contributed by atoms with Gasteiger partial charge in [0, 0.05) is 0 Å². The van der Waals surface area contributed by atoms with Crippen LogP contribution in [0.2, 0.25) is 0 Å². The number of hydrogen-bond donors (Lipinski definition) is 1. The number of hydrogen-bond acceptors (Lipinski definition) is 5. The monoisotopic (exact) mass is 268 g/mol. The van der Waals surface area contributed by atoms with Crippen molar-refractivity contribution in [1.82, 2.24) is 20.2 Å². The van der Waals surface area contributed by atoms with Gasteiger partial charge in [0.1, 0.15) is 0 Å². The molecular weight excluding hydrogens is 248 g/mol. The average molecular weight is 268 g/mol. The molecule has 0 aliphatic carbocycles. The van der Waals surface area contributed by atoms with Crippen LogP contribution >= 0.6 is 0 Å². The van der Waals surface area contributed by atoms with E-state index in [1.165, 1.54) is 0 Å². The van der Waals surface area contributed by atoms with Crippen LogP contribution in [0, 0.1) is 5.92 Å². The van der Waals surface area contributed by atoms with E-state index in [2.05, 4.69) is 22.4 Å². The van der Waals surface area contributed by atoms with E-state index in [9.17, 15) is 4.79 Å². The zero-order chi connectivity index (χ0) is 14.2. The molecule has 1 aliphatic rings. The van der Waals surface area contributed by atoms with Gasteiger partial charge in [-0.3, -0.25) is 4.79 Å². The van der Waals surface area contributed by atoms with Gasteiger partial charge in [0.15, 0.2) is 5.82 Å². The van der Waals surface area contributed by atoms with Gasteiger partial charge in [-0.1, -0.05) is 6.92 Å². The second-order valence-corrected chi connectivity index (χ2v) is 5.36. The maximum absolute atomic E-state index is 10.8. The molecule has 0 radical (unpaired) electrons. The molecule has 1 fully saturated rings. The lowest BCUT2D eigenvalue weighted by Gasteiger charge is -2.19. The fourth-order valence-electron chi connectivity index (χ4n) is 2.78. The smallest absolute Gasteiger partial charge is 0.305 e. The van der Waals surface area contributed by atoms with E-state index in [0.717, 1.165) is 5.82 Å². The summed E-state index contributed by atoms with van der Waals surface area (Å²) in [6.07, 6.45) is 0.191. The number of aromatic nitrogens is 4. The van der Waals surface area contributed by atoms with Crippen LogP contribution in [-0.2, 0) is 9.53 Å². The molecule has 2 rings (SSSR count). The van der Waals surface area contributed by atoms with Crippen molar-refractivity contribution in [1.29, 1.82) is 0 Å². The second kappa shape index (κ2) is 5.24. The van der Waals surface area contributed by atoms with E-state index in [1.54, 1.807) is 4.68 Å². The molecule has 0 spiro atoms. The van der Waals surface area contributed by atoms with Gasteiger partial charge < -0.3 is 9.84 Å². The Bertz CT molecular complexity index is 462. The third-order valence-corrected chi connectivity index (χ3v) is 3.95. The number of carbonyl (C=O) groups is 1. The summed E-state index contributed by atoms with van der Waals surface area (Å²) >= 11 is 0. The molecule has 1 N–H and O–H groups in total. The number of nitrogens with zero attached hydrogens (tertiary/aromatic N) is 4. The van der Waals surface area contributed by atoms with Crippen LogP contribution < -0.4 is 0 Å². The van der Waals surface area contributed by atoms with Crippen molar-refractivity contribution in [2.24, 2.45) is 5.92 Å². The van der Waals surface area contributed by atoms with Crippen molar-refractivity contribution in [3.8, 4) is 0 Å². The molecule has 7 heteroatoms. The zero-order valence-electron chi connectivity index (χ0n) is 11.6. The van der Waals surface area contributed by atoms with Gasteiger partial charge >= 0.3 is 5.97 Å². The first-order valence-corrected chi connectivity index (χ1v) is 6.56. The largest absolute Gasteiger partial charge is 0.481 e. The molecule has 19 heavy (non-hydrogen) atoms. The first kappa shape index (κ1) is 13.9. The fourth-order valence-corrected chi connectivity index (χ4v) is 2.78. The normalized spacial score (nSPS) is 32.4. The highest BCUT2D eigenvalue weighted by Gasteiger charge is 2.41. The quantitative estimate of drug-likeness (QED) is 0.883. The van der Waals surface area contributed by atoms with Gasteiger partial charge in [-0.05, 0) is 37.1 Å². The summed E-state index contributed by atoms with van der Waals surface area (Å²) in [5.74, 6) is 0.266. The Morgan fingerprint density at radius 3 is 2.63 bits per heavy atom. The lowest BCUT2D eigenvalue weighted by molar-refractivity contribution is -0.137. The van der Waals surface area contributed by atoms with E-state index in [-0.39, 0.29) is 30.6 Å². The minimum atomic E-state index is -0.855. The molecule has 0 bridgehead atoms. The van der Waals surface area contributed by atoms with Gasteiger partial charge in [-0.25, -0.2) is 4.68 Å². The van der Waals surface area contributed by atoms with Crippen molar-refractivity contribution in [3.05, 3.63) is 5.82 Å². The van der Waals surface area contributed by atoms with Crippen LogP contribution in [-0.4, -0.2) is 43.5 Å². The van der Waals surface area contributed by atoms with Gasteiger partial charge in [-0.2, -0.15) is 0 Å². The van der Waals surface area contributed by atoms with E-state index in [0.29, 0.717) is 5.92 Å². The molecule has 5 unspecified atom stereocenters.